The van der Waals surface area contributed by atoms with E-state index in [0.29, 0.717) is 18.2 Å². The number of amides is 1. The van der Waals surface area contributed by atoms with Gasteiger partial charge in [0, 0.05) is 56.5 Å². The van der Waals surface area contributed by atoms with Crippen LogP contribution < -0.4 is 0 Å². The largest absolute Gasteiger partial charge is 0.341 e. The number of carbonyl (C=O) groups excluding carboxylic acids is 1. The summed E-state index contributed by atoms with van der Waals surface area (Å²) >= 11 is 0. The number of rotatable bonds is 6. The fourth-order valence-corrected chi connectivity index (χ4v) is 2.52. The predicted molar refractivity (Wildman–Crippen MR) is 82.9 cm³/mol. The van der Waals surface area contributed by atoms with E-state index in [1.807, 2.05) is 17.3 Å². The van der Waals surface area contributed by atoms with E-state index in [9.17, 15) is 4.79 Å². The van der Waals surface area contributed by atoms with Gasteiger partial charge in [-0.1, -0.05) is 13.8 Å². The molecule has 0 atom stereocenters. The van der Waals surface area contributed by atoms with Crippen molar-refractivity contribution in [3.05, 3.63) is 23.8 Å². The van der Waals surface area contributed by atoms with Gasteiger partial charge >= 0.3 is 0 Å². The van der Waals surface area contributed by atoms with E-state index in [1.54, 1.807) is 0 Å². The van der Waals surface area contributed by atoms with Crippen molar-refractivity contribution in [3.63, 3.8) is 0 Å². The van der Waals surface area contributed by atoms with Crippen LogP contribution in [0.1, 0.15) is 50.4 Å². The molecule has 0 bridgehead atoms. The molecule has 1 saturated heterocycles. The molecule has 2 rings (SSSR count). The van der Waals surface area contributed by atoms with Gasteiger partial charge in [-0.2, -0.15) is 0 Å². The van der Waals surface area contributed by atoms with Gasteiger partial charge in [0.1, 0.15) is 5.82 Å². The SMILES string of the molecule is CC(C)c1ncc(CN(C)CCN2CCCCC2=O)cn1. The molecule has 0 radical (unpaired) electrons. The Morgan fingerprint density at radius 2 is 2.00 bits per heavy atom. The van der Waals surface area contributed by atoms with Crippen LogP contribution in [0.5, 0.6) is 0 Å². The first-order valence-corrected chi connectivity index (χ1v) is 7.83. The van der Waals surface area contributed by atoms with Crippen LogP contribution in [0.2, 0.25) is 0 Å². The molecule has 1 aliphatic rings. The Balaban J connectivity index is 1.78. The lowest BCUT2D eigenvalue weighted by atomic mass is 10.1. The maximum Gasteiger partial charge on any atom is 0.222 e. The fourth-order valence-electron chi connectivity index (χ4n) is 2.52. The average Bonchev–Trinajstić information content (AvgIpc) is 2.47. The van der Waals surface area contributed by atoms with Gasteiger partial charge < -0.3 is 9.80 Å². The Hall–Kier alpha value is -1.49. The minimum Gasteiger partial charge on any atom is -0.341 e. The van der Waals surface area contributed by atoms with Crippen molar-refractivity contribution in [2.45, 2.75) is 45.6 Å². The zero-order valence-corrected chi connectivity index (χ0v) is 13.4. The highest BCUT2D eigenvalue weighted by Gasteiger charge is 2.17. The van der Waals surface area contributed by atoms with E-state index >= 15 is 0 Å². The van der Waals surface area contributed by atoms with Gasteiger partial charge in [0.05, 0.1) is 0 Å². The van der Waals surface area contributed by atoms with E-state index in [4.69, 9.17) is 0 Å². The molecule has 116 valence electrons. The standard InChI is InChI=1S/C16H26N4O/c1-13(2)16-17-10-14(11-18-16)12-19(3)8-9-20-7-5-4-6-15(20)21/h10-11,13H,4-9,12H2,1-3H3. The van der Waals surface area contributed by atoms with Crippen LogP contribution in [0.3, 0.4) is 0 Å². The second kappa shape index (κ2) is 7.50. The molecule has 1 fully saturated rings. The lowest BCUT2D eigenvalue weighted by Gasteiger charge is -2.28. The highest BCUT2D eigenvalue weighted by molar-refractivity contribution is 5.76. The number of hydrogen-bond donors (Lipinski definition) is 0. The summed E-state index contributed by atoms with van der Waals surface area (Å²) in [6.45, 7) is 7.63. The van der Waals surface area contributed by atoms with Gasteiger partial charge in [0.2, 0.25) is 5.91 Å². The molecule has 0 saturated carbocycles. The molecule has 5 nitrogen and oxygen atoms in total. The lowest BCUT2D eigenvalue weighted by molar-refractivity contribution is -0.133. The van der Waals surface area contributed by atoms with E-state index in [1.165, 1.54) is 0 Å². The number of piperidine rings is 1. The molecular formula is C16H26N4O. The molecule has 5 heteroatoms. The summed E-state index contributed by atoms with van der Waals surface area (Å²) < 4.78 is 0. The van der Waals surface area contributed by atoms with E-state index < -0.39 is 0 Å². The van der Waals surface area contributed by atoms with Crippen LogP contribution in [-0.2, 0) is 11.3 Å². The molecule has 0 N–H and O–H groups in total. The Morgan fingerprint density at radius 3 is 2.62 bits per heavy atom. The van der Waals surface area contributed by atoms with Gasteiger partial charge in [-0.25, -0.2) is 9.97 Å². The summed E-state index contributed by atoms with van der Waals surface area (Å²) in [6, 6.07) is 0. The third-order valence-electron chi connectivity index (χ3n) is 3.87. The molecule has 0 unspecified atom stereocenters. The summed E-state index contributed by atoms with van der Waals surface area (Å²) in [5.74, 6) is 1.56. The van der Waals surface area contributed by atoms with Gasteiger partial charge in [-0.3, -0.25) is 4.79 Å². The Labute approximate surface area is 127 Å². The number of likely N-dealkylation sites (tertiary alicyclic amines) is 1. The highest BCUT2D eigenvalue weighted by atomic mass is 16.2. The van der Waals surface area contributed by atoms with E-state index in [2.05, 4.69) is 35.8 Å². The number of hydrogen-bond acceptors (Lipinski definition) is 4. The van der Waals surface area contributed by atoms with Crippen molar-refractivity contribution >= 4 is 5.91 Å². The first-order valence-electron chi connectivity index (χ1n) is 7.83. The van der Waals surface area contributed by atoms with Crippen LogP contribution in [-0.4, -0.2) is 52.4 Å². The first-order chi connectivity index (χ1) is 10.1. The van der Waals surface area contributed by atoms with Crippen molar-refractivity contribution in [1.29, 1.82) is 0 Å². The van der Waals surface area contributed by atoms with Gasteiger partial charge in [0.15, 0.2) is 0 Å². The molecular weight excluding hydrogens is 264 g/mol. The first kappa shape index (κ1) is 15.9. The third-order valence-corrected chi connectivity index (χ3v) is 3.87. The maximum absolute atomic E-state index is 11.8. The van der Waals surface area contributed by atoms with Crippen LogP contribution in [0.15, 0.2) is 12.4 Å². The number of carbonyl (C=O) groups is 1. The Bertz CT molecular complexity index is 458. The average molecular weight is 290 g/mol. The number of nitrogens with zero attached hydrogens (tertiary/aromatic N) is 4. The molecule has 1 aromatic heterocycles. The van der Waals surface area contributed by atoms with Gasteiger partial charge in [-0.15, -0.1) is 0 Å². The summed E-state index contributed by atoms with van der Waals surface area (Å²) in [6.07, 6.45) is 6.72. The van der Waals surface area contributed by atoms with E-state index in [0.717, 1.165) is 50.4 Å². The predicted octanol–water partition coefficient (Wildman–Crippen LogP) is 2.04. The third kappa shape index (κ3) is 4.77. The topological polar surface area (TPSA) is 49.3 Å². The number of likely N-dealkylation sites (N-methyl/N-ethyl adjacent to an activating group) is 1. The summed E-state index contributed by atoms with van der Waals surface area (Å²) in [4.78, 5) is 24.7. The maximum atomic E-state index is 11.8. The van der Waals surface area contributed by atoms with Crippen molar-refractivity contribution < 1.29 is 4.79 Å². The van der Waals surface area contributed by atoms with Crippen molar-refractivity contribution in [2.75, 3.05) is 26.7 Å². The zero-order chi connectivity index (χ0) is 15.2. The monoisotopic (exact) mass is 290 g/mol. The van der Waals surface area contributed by atoms with Crippen molar-refractivity contribution in [3.8, 4) is 0 Å². The Kier molecular flexibility index (Phi) is 5.67. The molecule has 1 aliphatic heterocycles. The normalized spacial score (nSPS) is 16.0. The number of aromatic nitrogens is 2. The minimum absolute atomic E-state index is 0.305. The summed E-state index contributed by atoms with van der Waals surface area (Å²) in [5, 5.41) is 0. The van der Waals surface area contributed by atoms with Crippen molar-refractivity contribution in [2.24, 2.45) is 0 Å². The minimum atomic E-state index is 0.305. The Morgan fingerprint density at radius 1 is 1.29 bits per heavy atom. The summed E-state index contributed by atoms with van der Waals surface area (Å²) in [5.41, 5.74) is 1.12. The highest BCUT2D eigenvalue weighted by Crippen LogP contribution is 2.11. The second-order valence-electron chi connectivity index (χ2n) is 6.18. The van der Waals surface area contributed by atoms with Gasteiger partial charge in [0.25, 0.3) is 0 Å². The quantitative estimate of drug-likeness (QED) is 0.804. The smallest absolute Gasteiger partial charge is 0.222 e. The van der Waals surface area contributed by atoms with Gasteiger partial charge in [-0.05, 0) is 19.9 Å². The second-order valence-corrected chi connectivity index (χ2v) is 6.18. The lowest BCUT2D eigenvalue weighted by Crippen LogP contribution is -2.40. The molecule has 0 aliphatic carbocycles. The van der Waals surface area contributed by atoms with E-state index in [-0.39, 0.29) is 0 Å². The molecule has 1 aromatic rings. The molecule has 21 heavy (non-hydrogen) atoms. The fraction of sp³-hybridized carbons (Fsp3) is 0.688. The molecule has 0 spiro atoms. The van der Waals surface area contributed by atoms with Crippen LogP contribution in [0.4, 0.5) is 0 Å². The zero-order valence-electron chi connectivity index (χ0n) is 13.4. The molecule has 1 amide bonds. The molecule has 2 heterocycles. The van der Waals surface area contributed by atoms with Crippen molar-refractivity contribution in [1.82, 2.24) is 19.8 Å². The van der Waals surface area contributed by atoms with Crippen LogP contribution in [0.25, 0.3) is 0 Å². The van der Waals surface area contributed by atoms with Crippen LogP contribution >= 0.6 is 0 Å². The summed E-state index contributed by atoms with van der Waals surface area (Å²) in [7, 11) is 2.07. The van der Waals surface area contributed by atoms with Crippen LogP contribution in [0, 0.1) is 0 Å². The molecule has 0 aromatic carbocycles.